The van der Waals surface area contributed by atoms with Crippen LogP contribution in [0.4, 0.5) is 0 Å². The van der Waals surface area contributed by atoms with E-state index < -0.39 is 16.1 Å². The molecule has 2 aromatic carbocycles. The maximum atomic E-state index is 12.5. The zero-order valence-corrected chi connectivity index (χ0v) is 15.9. The van der Waals surface area contributed by atoms with Gasteiger partial charge in [-0.15, -0.1) is 0 Å². The van der Waals surface area contributed by atoms with E-state index in [1.165, 1.54) is 0 Å². The average molecular weight is 375 g/mol. The van der Waals surface area contributed by atoms with Crippen molar-refractivity contribution >= 4 is 20.8 Å². The Labute approximate surface area is 155 Å². The van der Waals surface area contributed by atoms with Crippen LogP contribution in [-0.2, 0) is 10.0 Å². The van der Waals surface area contributed by atoms with Gasteiger partial charge in [0.15, 0.2) is 0 Å². The lowest BCUT2D eigenvalue weighted by atomic mass is 10.0. The van der Waals surface area contributed by atoms with Crippen LogP contribution in [0.15, 0.2) is 59.6 Å². The lowest BCUT2D eigenvalue weighted by molar-refractivity contribution is 0.101. The van der Waals surface area contributed by atoms with Crippen LogP contribution in [0.2, 0.25) is 0 Å². The number of aliphatic hydroxyl groups is 1. The summed E-state index contributed by atoms with van der Waals surface area (Å²) in [4.78, 5) is 2.29. The molecule has 3 rings (SSSR count). The number of nitrogens with zero attached hydrogens (tertiary/aromatic N) is 1. The first-order valence-corrected chi connectivity index (χ1v) is 10.5. The molecular weight excluding hydrogens is 348 g/mol. The molecule has 0 saturated carbocycles. The second-order valence-corrected chi connectivity index (χ2v) is 8.74. The molecule has 5 nitrogen and oxygen atoms in total. The number of benzene rings is 2. The predicted molar refractivity (Wildman–Crippen MR) is 104 cm³/mol. The second-order valence-electron chi connectivity index (χ2n) is 6.97. The minimum atomic E-state index is -3.67. The number of rotatable bonds is 6. The van der Waals surface area contributed by atoms with Crippen LogP contribution in [0.1, 0.15) is 26.2 Å². The summed E-state index contributed by atoms with van der Waals surface area (Å²) in [6, 6.07) is 13.0. The Morgan fingerprint density at radius 3 is 2.73 bits per heavy atom. The van der Waals surface area contributed by atoms with Crippen LogP contribution in [0.5, 0.6) is 0 Å². The molecule has 1 heterocycles. The number of allylic oxidation sites excluding steroid dienone is 1. The van der Waals surface area contributed by atoms with Crippen molar-refractivity contribution in [2.75, 3.05) is 13.1 Å². The van der Waals surface area contributed by atoms with Crippen molar-refractivity contribution in [3.05, 3.63) is 54.7 Å². The Balaban J connectivity index is 1.64. The maximum Gasteiger partial charge on any atom is 0.240 e. The van der Waals surface area contributed by atoms with Crippen molar-refractivity contribution in [1.82, 2.24) is 9.62 Å². The van der Waals surface area contributed by atoms with Crippen molar-refractivity contribution in [2.45, 2.75) is 43.2 Å². The van der Waals surface area contributed by atoms with Gasteiger partial charge in [0.1, 0.15) is 0 Å². The summed E-state index contributed by atoms with van der Waals surface area (Å²) < 4.78 is 27.6. The van der Waals surface area contributed by atoms with Gasteiger partial charge in [-0.2, -0.15) is 0 Å². The van der Waals surface area contributed by atoms with Crippen molar-refractivity contribution in [2.24, 2.45) is 0 Å². The molecule has 1 fully saturated rings. The Hall–Kier alpha value is -1.89. The van der Waals surface area contributed by atoms with E-state index in [0.29, 0.717) is 12.6 Å². The molecule has 1 aliphatic rings. The number of hydrogen-bond acceptors (Lipinski definition) is 4. The molecule has 1 aliphatic heterocycles. The highest BCUT2D eigenvalue weighted by Crippen LogP contribution is 2.24. The molecule has 6 heteroatoms. The number of hydrogen-bond donors (Lipinski definition) is 2. The van der Waals surface area contributed by atoms with E-state index >= 15 is 0 Å². The Kier molecular flexibility index (Phi) is 5.65. The van der Waals surface area contributed by atoms with Crippen molar-refractivity contribution in [3.63, 3.8) is 0 Å². The van der Waals surface area contributed by atoms with Crippen LogP contribution >= 0.6 is 0 Å². The first kappa shape index (κ1) is 18.9. The fourth-order valence-corrected chi connectivity index (χ4v) is 4.54. The fourth-order valence-electron chi connectivity index (χ4n) is 3.44. The minimum Gasteiger partial charge on any atom is -0.390 e. The van der Waals surface area contributed by atoms with Crippen LogP contribution in [0, 0.1) is 0 Å². The summed E-state index contributed by atoms with van der Waals surface area (Å²) in [6.07, 6.45) is 2.32. The summed E-state index contributed by atoms with van der Waals surface area (Å²) in [5, 5.41) is 12.2. The molecule has 140 valence electrons. The second kappa shape index (κ2) is 7.78. The minimum absolute atomic E-state index is 0.0222. The van der Waals surface area contributed by atoms with Gasteiger partial charge in [-0.25, -0.2) is 13.1 Å². The van der Waals surface area contributed by atoms with Gasteiger partial charge in [0.2, 0.25) is 10.0 Å². The first-order chi connectivity index (χ1) is 12.4. The number of sulfonamides is 1. The van der Waals surface area contributed by atoms with Gasteiger partial charge in [0, 0.05) is 24.8 Å². The zero-order valence-electron chi connectivity index (χ0n) is 15.1. The molecule has 0 unspecified atom stereocenters. The van der Waals surface area contributed by atoms with E-state index in [1.807, 2.05) is 24.3 Å². The van der Waals surface area contributed by atoms with Crippen molar-refractivity contribution in [1.29, 1.82) is 0 Å². The molecule has 0 amide bonds. The highest BCUT2D eigenvalue weighted by atomic mass is 32.2. The third kappa shape index (κ3) is 4.26. The molecule has 0 spiro atoms. The van der Waals surface area contributed by atoms with Gasteiger partial charge < -0.3 is 10.0 Å². The van der Waals surface area contributed by atoms with Crippen LogP contribution < -0.4 is 4.72 Å². The molecule has 2 aromatic rings. The number of nitrogens with one attached hydrogen (secondary N) is 1. The van der Waals surface area contributed by atoms with E-state index in [9.17, 15) is 13.5 Å². The summed E-state index contributed by atoms with van der Waals surface area (Å²) >= 11 is 0. The SMILES string of the molecule is C=C1CCC[C@@H](C)N1C[C@@H](O)CNS(=O)(=O)c1ccc2ccccc2c1. The molecule has 0 aromatic heterocycles. The van der Waals surface area contributed by atoms with Crippen molar-refractivity contribution in [3.8, 4) is 0 Å². The number of fused-ring (bicyclic) bond motifs is 1. The van der Waals surface area contributed by atoms with Gasteiger partial charge in [0.25, 0.3) is 0 Å². The molecule has 0 radical (unpaired) electrons. The smallest absolute Gasteiger partial charge is 0.240 e. The highest BCUT2D eigenvalue weighted by molar-refractivity contribution is 7.89. The summed E-state index contributed by atoms with van der Waals surface area (Å²) in [7, 11) is -3.67. The number of aliphatic hydroxyl groups excluding tert-OH is 1. The zero-order chi connectivity index (χ0) is 18.7. The number of β-amino-alcohol motifs (C(OH)–C–C–N with tert-alkyl or cyclic N) is 1. The van der Waals surface area contributed by atoms with Crippen LogP contribution in [0.25, 0.3) is 10.8 Å². The van der Waals surface area contributed by atoms with Gasteiger partial charge in [-0.1, -0.05) is 36.9 Å². The topological polar surface area (TPSA) is 69.6 Å². The highest BCUT2D eigenvalue weighted by Gasteiger charge is 2.24. The van der Waals surface area contributed by atoms with E-state index in [4.69, 9.17) is 0 Å². The summed E-state index contributed by atoms with van der Waals surface area (Å²) in [6.45, 7) is 6.54. The Bertz CT molecular complexity index is 895. The normalized spacial score (nSPS) is 19.7. The molecule has 0 bridgehead atoms. The monoisotopic (exact) mass is 374 g/mol. The van der Waals surface area contributed by atoms with Gasteiger partial charge in [0.05, 0.1) is 11.0 Å². The fraction of sp³-hybridized carbons (Fsp3) is 0.400. The van der Waals surface area contributed by atoms with Gasteiger partial charge in [-0.3, -0.25) is 0 Å². The molecule has 2 atom stereocenters. The lowest BCUT2D eigenvalue weighted by Gasteiger charge is -2.38. The Morgan fingerprint density at radius 1 is 1.27 bits per heavy atom. The quantitative estimate of drug-likeness (QED) is 0.816. The Morgan fingerprint density at radius 2 is 2.00 bits per heavy atom. The third-order valence-corrected chi connectivity index (χ3v) is 6.39. The molecule has 0 aliphatic carbocycles. The van der Waals surface area contributed by atoms with Crippen LogP contribution in [0.3, 0.4) is 0 Å². The van der Waals surface area contributed by atoms with E-state index in [1.54, 1.807) is 18.2 Å². The maximum absolute atomic E-state index is 12.5. The standard InChI is InChI=1S/C20H26N2O3S/c1-15-6-5-7-16(2)22(15)14-19(23)13-21-26(24,25)20-11-10-17-8-3-4-9-18(17)12-20/h3-4,8-12,16,19,21,23H,1,5-7,13-14H2,2H3/t16-,19+/m1/s1. The summed E-state index contributed by atoms with van der Waals surface area (Å²) in [5.41, 5.74) is 1.01. The van der Waals surface area contributed by atoms with Crippen LogP contribution in [-0.4, -0.2) is 43.7 Å². The number of piperidine rings is 1. The molecule has 2 N–H and O–H groups in total. The molecule has 1 saturated heterocycles. The first-order valence-electron chi connectivity index (χ1n) is 8.98. The average Bonchev–Trinajstić information content (AvgIpc) is 2.63. The van der Waals surface area contributed by atoms with E-state index in [0.717, 1.165) is 35.7 Å². The third-order valence-electron chi connectivity index (χ3n) is 4.97. The predicted octanol–water partition coefficient (Wildman–Crippen LogP) is 2.87. The van der Waals surface area contributed by atoms with Crippen molar-refractivity contribution < 1.29 is 13.5 Å². The molecule has 26 heavy (non-hydrogen) atoms. The van der Waals surface area contributed by atoms with Gasteiger partial charge >= 0.3 is 0 Å². The summed E-state index contributed by atoms with van der Waals surface area (Å²) in [5.74, 6) is 0. The van der Waals surface area contributed by atoms with E-state index in [2.05, 4.69) is 23.1 Å². The van der Waals surface area contributed by atoms with Gasteiger partial charge in [-0.05, 0) is 49.1 Å². The van der Waals surface area contributed by atoms with E-state index in [-0.39, 0.29) is 11.4 Å². The number of likely N-dealkylation sites (tertiary alicyclic amines) is 1. The molecular formula is C20H26N2O3S. The largest absolute Gasteiger partial charge is 0.390 e. The lowest BCUT2D eigenvalue weighted by Crippen LogP contribution is -2.44.